The number of likely N-dealkylation sites (tertiary alicyclic amines) is 1. The molecule has 2 amide bonds. The molecule has 8 heteroatoms. The predicted octanol–water partition coefficient (Wildman–Crippen LogP) is 2.11. The van der Waals surface area contributed by atoms with Gasteiger partial charge in [-0.15, -0.1) is 0 Å². The number of nitro groups is 1. The molecule has 1 atom stereocenters. The Kier molecular flexibility index (Phi) is 4.78. The number of hydrogen-bond acceptors (Lipinski definition) is 5. The van der Waals surface area contributed by atoms with E-state index in [0.717, 1.165) is 0 Å². The molecule has 0 saturated carbocycles. The van der Waals surface area contributed by atoms with Crippen molar-refractivity contribution in [1.29, 1.82) is 0 Å². The first-order chi connectivity index (χ1) is 12.1. The van der Waals surface area contributed by atoms with Gasteiger partial charge in [0.2, 0.25) is 5.91 Å². The molecule has 2 aromatic rings. The molecule has 0 spiro atoms. The maximum Gasteiger partial charge on any atom is 0.282 e. The molecule has 1 N–H and O–H groups in total. The summed E-state index contributed by atoms with van der Waals surface area (Å²) in [5.74, 6) is -0.174. The highest BCUT2D eigenvalue weighted by Crippen LogP contribution is 2.25. The fourth-order valence-corrected chi connectivity index (χ4v) is 2.96. The van der Waals surface area contributed by atoms with Crippen molar-refractivity contribution in [3.63, 3.8) is 0 Å². The first-order valence-corrected chi connectivity index (χ1v) is 7.92. The van der Waals surface area contributed by atoms with E-state index >= 15 is 0 Å². The molecule has 1 aliphatic heterocycles. The van der Waals surface area contributed by atoms with Crippen LogP contribution in [0.5, 0.6) is 0 Å². The van der Waals surface area contributed by atoms with Crippen molar-refractivity contribution in [3.05, 3.63) is 64.1 Å². The fraction of sp³-hybridized carbons (Fsp3) is 0.294. The second kappa shape index (κ2) is 7.16. The van der Waals surface area contributed by atoms with E-state index in [9.17, 15) is 19.7 Å². The van der Waals surface area contributed by atoms with E-state index in [1.54, 1.807) is 18.2 Å². The second-order valence-corrected chi connectivity index (χ2v) is 5.73. The van der Waals surface area contributed by atoms with E-state index in [2.05, 4.69) is 5.32 Å². The maximum atomic E-state index is 12.7. The van der Waals surface area contributed by atoms with Crippen molar-refractivity contribution in [2.75, 3.05) is 6.54 Å². The van der Waals surface area contributed by atoms with Crippen LogP contribution in [-0.2, 0) is 11.3 Å². The van der Waals surface area contributed by atoms with Gasteiger partial charge in [-0.05, 0) is 31.0 Å². The Morgan fingerprint density at radius 2 is 2.08 bits per heavy atom. The van der Waals surface area contributed by atoms with Crippen molar-refractivity contribution < 1.29 is 18.9 Å². The average Bonchev–Trinajstić information content (AvgIpc) is 3.30. The van der Waals surface area contributed by atoms with E-state index in [-0.39, 0.29) is 23.7 Å². The van der Waals surface area contributed by atoms with Crippen molar-refractivity contribution in [1.82, 2.24) is 10.2 Å². The number of carbonyl (C=O) groups excluding carboxylic acids is 2. The van der Waals surface area contributed by atoms with Crippen LogP contribution in [0.3, 0.4) is 0 Å². The molecule has 0 bridgehead atoms. The number of carbonyl (C=O) groups is 2. The van der Waals surface area contributed by atoms with Gasteiger partial charge in [0.1, 0.15) is 17.4 Å². The monoisotopic (exact) mass is 343 g/mol. The maximum absolute atomic E-state index is 12.7. The number of hydrogen-bond donors (Lipinski definition) is 1. The highest BCUT2D eigenvalue weighted by molar-refractivity contribution is 6.00. The van der Waals surface area contributed by atoms with Gasteiger partial charge in [-0.3, -0.25) is 19.7 Å². The van der Waals surface area contributed by atoms with Crippen LogP contribution in [-0.4, -0.2) is 34.2 Å². The van der Waals surface area contributed by atoms with Gasteiger partial charge in [0.05, 0.1) is 17.7 Å². The molecule has 0 aliphatic carbocycles. The number of nitrogens with zero attached hydrogens (tertiary/aromatic N) is 2. The van der Waals surface area contributed by atoms with E-state index in [1.807, 2.05) is 0 Å². The zero-order valence-electron chi connectivity index (χ0n) is 13.4. The Morgan fingerprint density at radius 3 is 2.80 bits per heavy atom. The molecule has 1 aromatic heterocycles. The molecular formula is C17H17N3O5. The number of rotatable bonds is 5. The third-order valence-electron chi connectivity index (χ3n) is 4.16. The number of nitro benzene ring substituents is 1. The zero-order chi connectivity index (χ0) is 17.8. The van der Waals surface area contributed by atoms with Crippen LogP contribution >= 0.6 is 0 Å². The van der Waals surface area contributed by atoms with Gasteiger partial charge in [0, 0.05) is 12.6 Å². The van der Waals surface area contributed by atoms with Crippen molar-refractivity contribution in [3.8, 4) is 0 Å². The third kappa shape index (κ3) is 3.52. The van der Waals surface area contributed by atoms with Crippen LogP contribution in [0, 0.1) is 10.1 Å². The number of benzene rings is 1. The first-order valence-electron chi connectivity index (χ1n) is 7.92. The summed E-state index contributed by atoms with van der Waals surface area (Å²) in [5.41, 5.74) is -0.257. The standard InChI is InChI=1S/C17H17N3O5/c21-16(18-11-12-5-4-10-25-12)15-8-3-9-19(15)17(22)13-6-1-2-7-14(13)20(23)24/h1-2,4-7,10,15H,3,8-9,11H2,(H,18,21)/t15-/m0/s1. The summed E-state index contributed by atoms with van der Waals surface area (Å²) in [6, 6.07) is 8.61. The molecule has 0 radical (unpaired) electrons. The predicted molar refractivity (Wildman–Crippen MR) is 87.7 cm³/mol. The fourth-order valence-electron chi connectivity index (χ4n) is 2.96. The molecule has 3 rings (SSSR count). The Morgan fingerprint density at radius 1 is 1.28 bits per heavy atom. The van der Waals surface area contributed by atoms with Gasteiger partial charge in [-0.1, -0.05) is 12.1 Å². The van der Waals surface area contributed by atoms with Gasteiger partial charge in [-0.2, -0.15) is 0 Å². The molecular weight excluding hydrogens is 326 g/mol. The summed E-state index contributed by atoms with van der Waals surface area (Å²) >= 11 is 0. The second-order valence-electron chi connectivity index (χ2n) is 5.73. The zero-order valence-corrected chi connectivity index (χ0v) is 13.4. The van der Waals surface area contributed by atoms with E-state index < -0.39 is 16.9 Å². The Bertz CT molecular complexity index is 787. The Balaban J connectivity index is 1.73. The lowest BCUT2D eigenvalue weighted by molar-refractivity contribution is -0.385. The normalized spacial score (nSPS) is 16.6. The minimum atomic E-state index is -0.637. The molecule has 130 valence electrons. The lowest BCUT2D eigenvalue weighted by atomic mass is 10.1. The third-order valence-corrected chi connectivity index (χ3v) is 4.16. The minimum absolute atomic E-state index is 0.00163. The molecule has 1 saturated heterocycles. The van der Waals surface area contributed by atoms with Crippen LogP contribution in [0.15, 0.2) is 47.1 Å². The molecule has 1 aromatic carbocycles. The number of amides is 2. The summed E-state index contributed by atoms with van der Waals surface area (Å²) in [4.78, 5) is 37.1. The molecule has 0 unspecified atom stereocenters. The summed E-state index contributed by atoms with van der Waals surface area (Å²) in [6.45, 7) is 0.625. The van der Waals surface area contributed by atoms with E-state index in [1.165, 1.54) is 29.4 Å². The van der Waals surface area contributed by atoms with Crippen LogP contribution in [0.4, 0.5) is 5.69 Å². The molecule has 1 aliphatic rings. The number of para-hydroxylation sites is 1. The van der Waals surface area contributed by atoms with Gasteiger partial charge < -0.3 is 14.6 Å². The summed E-state index contributed by atoms with van der Waals surface area (Å²) in [7, 11) is 0. The lowest BCUT2D eigenvalue weighted by Gasteiger charge is -2.23. The SMILES string of the molecule is O=C(NCc1ccco1)[C@@H]1CCCN1C(=O)c1ccccc1[N+](=O)[O-]. The number of furan rings is 1. The summed E-state index contributed by atoms with van der Waals surface area (Å²) in [6.07, 6.45) is 2.71. The van der Waals surface area contributed by atoms with Gasteiger partial charge in [0.25, 0.3) is 11.6 Å². The lowest BCUT2D eigenvalue weighted by Crippen LogP contribution is -2.45. The van der Waals surface area contributed by atoms with Crippen LogP contribution in [0.25, 0.3) is 0 Å². The Labute approximate surface area is 143 Å². The molecule has 8 nitrogen and oxygen atoms in total. The molecule has 25 heavy (non-hydrogen) atoms. The first kappa shape index (κ1) is 16.7. The summed E-state index contributed by atoms with van der Waals surface area (Å²) in [5, 5.41) is 13.9. The van der Waals surface area contributed by atoms with Crippen molar-refractivity contribution in [2.24, 2.45) is 0 Å². The Hall–Kier alpha value is -3.16. The quantitative estimate of drug-likeness (QED) is 0.661. The highest BCUT2D eigenvalue weighted by Gasteiger charge is 2.36. The van der Waals surface area contributed by atoms with E-state index in [0.29, 0.717) is 25.1 Å². The van der Waals surface area contributed by atoms with Crippen LogP contribution in [0.1, 0.15) is 29.0 Å². The topological polar surface area (TPSA) is 106 Å². The van der Waals surface area contributed by atoms with Crippen LogP contribution < -0.4 is 5.32 Å². The highest BCUT2D eigenvalue weighted by atomic mass is 16.6. The van der Waals surface area contributed by atoms with Gasteiger partial charge >= 0.3 is 0 Å². The minimum Gasteiger partial charge on any atom is -0.467 e. The van der Waals surface area contributed by atoms with Crippen molar-refractivity contribution >= 4 is 17.5 Å². The van der Waals surface area contributed by atoms with Crippen LogP contribution in [0.2, 0.25) is 0 Å². The smallest absolute Gasteiger partial charge is 0.282 e. The van der Waals surface area contributed by atoms with Crippen molar-refractivity contribution in [2.45, 2.75) is 25.4 Å². The average molecular weight is 343 g/mol. The molecule has 1 fully saturated rings. The van der Waals surface area contributed by atoms with Gasteiger partial charge in [0.15, 0.2) is 0 Å². The molecule has 2 heterocycles. The largest absolute Gasteiger partial charge is 0.467 e. The number of nitrogens with one attached hydrogen (secondary N) is 1. The van der Waals surface area contributed by atoms with E-state index in [4.69, 9.17) is 4.42 Å². The van der Waals surface area contributed by atoms with Gasteiger partial charge in [-0.25, -0.2) is 0 Å². The summed E-state index contributed by atoms with van der Waals surface area (Å²) < 4.78 is 5.16.